The lowest BCUT2D eigenvalue weighted by atomic mass is 10.3. The molecule has 0 amide bonds. The zero-order chi connectivity index (χ0) is 11.3. The SMILES string of the molecule is COc1cc(Br)cc(OCCN)c1OC. The van der Waals surface area contributed by atoms with Crippen LogP contribution in [-0.2, 0) is 0 Å². The molecule has 4 nitrogen and oxygen atoms in total. The zero-order valence-corrected chi connectivity index (χ0v) is 10.3. The molecule has 0 aliphatic heterocycles. The Morgan fingerprint density at radius 2 is 1.87 bits per heavy atom. The lowest BCUT2D eigenvalue weighted by molar-refractivity contribution is 0.290. The number of ether oxygens (including phenoxy) is 3. The normalized spacial score (nSPS) is 9.87. The Morgan fingerprint density at radius 1 is 1.20 bits per heavy atom. The molecule has 5 heteroatoms. The number of halogens is 1. The van der Waals surface area contributed by atoms with Gasteiger partial charge in [0, 0.05) is 11.0 Å². The van der Waals surface area contributed by atoms with Crippen molar-refractivity contribution in [2.24, 2.45) is 5.73 Å². The van der Waals surface area contributed by atoms with E-state index in [4.69, 9.17) is 19.9 Å². The quantitative estimate of drug-likeness (QED) is 0.891. The van der Waals surface area contributed by atoms with Gasteiger partial charge in [-0.25, -0.2) is 0 Å². The van der Waals surface area contributed by atoms with Crippen LogP contribution in [0.4, 0.5) is 0 Å². The van der Waals surface area contributed by atoms with Crippen LogP contribution >= 0.6 is 15.9 Å². The summed E-state index contributed by atoms with van der Waals surface area (Å²) in [4.78, 5) is 0. The average Bonchev–Trinajstić information content (AvgIpc) is 2.25. The second kappa shape index (κ2) is 5.82. The second-order valence-electron chi connectivity index (χ2n) is 2.78. The topological polar surface area (TPSA) is 53.7 Å². The summed E-state index contributed by atoms with van der Waals surface area (Å²) in [5, 5.41) is 0. The van der Waals surface area contributed by atoms with E-state index >= 15 is 0 Å². The van der Waals surface area contributed by atoms with Crippen LogP contribution in [0.15, 0.2) is 16.6 Å². The molecule has 0 radical (unpaired) electrons. The number of methoxy groups -OCH3 is 2. The van der Waals surface area contributed by atoms with E-state index in [1.807, 2.05) is 12.1 Å². The van der Waals surface area contributed by atoms with Crippen molar-refractivity contribution in [1.82, 2.24) is 0 Å². The van der Waals surface area contributed by atoms with E-state index in [1.165, 1.54) is 0 Å². The fourth-order valence-electron chi connectivity index (χ4n) is 1.17. The van der Waals surface area contributed by atoms with E-state index in [0.717, 1.165) is 4.47 Å². The molecule has 1 aromatic rings. The largest absolute Gasteiger partial charge is 0.493 e. The molecule has 0 bridgehead atoms. The highest BCUT2D eigenvalue weighted by atomic mass is 79.9. The van der Waals surface area contributed by atoms with Gasteiger partial charge in [0.1, 0.15) is 6.61 Å². The Kier molecular flexibility index (Phi) is 4.71. The third kappa shape index (κ3) is 3.00. The second-order valence-corrected chi connectivity index (χ2v) is 3.69. The summed E-state index contributed by atoms with van der Waals surface area (Å²) >= 11 is 3.36. The first kappa shape index (κ1) is 12.1. The molecular formula is C10H14BrNO3. The van der Waals surface area contributed by atoms with Crippen molar-refractivity contribution in [3.8, 4) is 17.2 Å². The van der Waals surface area contributed by atoms with Gasteiger partial charge in [-0.05, 0) is 12.1 Å². The molecule has 0 saturated heterocycles. The van der Waals surface area contributed by atoms with Crippen molar-refractivity contribution >= 4 is 15.9 Å². The Balaban J connectivity index is 3.05. The van der Waals surface area contributed by atoms with Gasteiger partial charge in [-0.15, -0.1) is 0 Å². The Labute approximate surface area is 97.4 Å². The smallest absolute Gasteiger partial charge is 0.203 e. The molecule has 2 N–H and O–H groups in total. The van der Waals surface area contributed by atoms with Gasteiger partial charge in [-0.2, -0.15) is 0 Å². The molecule has 0 atom stereocenters. The van der Waals surface area contributed by atoms with Gasteiger partial charge in [0.25, 0.3) is 0 Å². The van der Waals surface area contributed by atoms with Gasteiger partial charge < -0.3 is 19.9 Å². The predicted molar refractivity (Wildman–Crippen MR) is 61.8 cm³/mol. The Hall–Kier alpha value is -0.940. The predicted octanol–water partition coefficient (Wildman–Crippen LogP) is 1.80. The highest BCUT2D eigenvalue weighted by Crippen LogP contribution is 2.39. The van der Waals surface area contributed by atoms with Gasteiger partial charge in [0.15, 0.2) is 11.5 Å². The van der Waals surface area contributed by atoms with Crippen LogP contribution in [0.25, 0.3) is 0 Å². The summed E-state index contributed by atoms with van der Waals surface area (Å²) in [5.41, 5.74) is 5.37. The minimum Gasteiger partial charge on any atom is -0.493 e. The van der Waals surface area contributed by atoms with Crippen LogP contribution in [0.5, 0.6) is 17.2 Å². The minimum absolute atomic E-state index is 0.440. The lowest BCUT2D eigenvalue weighted by Crippen LogP contribution is -2.11. The molecule has 0 saturated carbocycles. The summed E-state index contributed by atoms with van der Waals surface area (Å²) in [7, 11) is 3.15. The lowest BCUT2D eigenvalue weighted by Gasteiger charge is -2.13. The van der Waals surface area contributed by atoms with Crippen LogP contribution in [-0.4, -0.2) is 27.4 Å². The molecular weight excluding hydrogens is 262 g/mol. The molecule has 0 heterocycles. The molecule has 0 aliphatic rings. The van der Waals surface area contributed by atoms with Gasteiger partial charge in [-0.3, -0.25) is 0 Å². The van der Waals surface area contributed by atoms with Crippen LogP contribution < -0.4 is 19.9 Å². The summed E-state index contributed by atoms with van der Waals surface area (Å²) in [6.07, 6.45) is 0. The zero-order valence-electron chi connectivity index (χ0n) is 8.75. The molecule has 1 rings (SSSR count). The fourth-order valence-corrected chi connectivity index (χ4v) is 1.59. The highest BCUT2D eigenvalue weighted by Gasteiger charge is 2.12. The third-order valence-corrected chi connectivity index (χ3v) is 2.24. The fraction of sp³-hybridized carbons (Fsp3) is 0.400. The van der Waals surface area contributed by atoms with Crippen LogP contribution in [0.1, 0.15) is 0 Å². The van der Waals surface area contributed by atoms with Gasteiger partial charge >= 0.3 is 0 Å². The van der Waals surface area contributed by atoms with Gasteiger partial charge in [-0.1, -0.05) is 15.9 Å². The molecule has 15 heavy (non-hydrogen) atoms. The highest BCUT2D eigenvalue weighted by molar-refractivity contribution is 9.10. The molecule has 0 aliphatic carbocycles. The monoisotopic (exact) mass is 275 g/mol. The first-order valence-corrected chi connectivity index (χ1v) is 5.26. The van der Waals surface area contributed by atoms with E-state index in [2.05, 4.69) is 15.9 Å². The maximum Gasteiger partial charge on any atom is 0.203 e. The van der Waals surface area contributed by atoms with Crippen molar-refractivity contribution < 1.29 is 14.2 Å². The van der Waals surface area contributed by atoms with E-state index in [-0.39, 0.29) is 0 Å². The van der Waals surface area contributed by atoms with Crippen molar-refractivity contribution in [3.63, 3.8) is 0 Å². The van der Waals surface area contributed by atoms with E-state index in [9.17, 15) is 0 Å². The number of hydrogen-bond donors (Lipinski definition) is 1. The number of rotatable bonds is 5. The number of nitrogens with two attached hydrogens (primary N) is 1. The maximum atomic E-state index is 5.44. The number of benzene rings is 1. The average molecular weight is 276 g/mol. The standard InChI is InChI=1S/C10H14BrNO3/c1-13-8-5-7(11)6-9(10(8)14-2)15-4-3-12/h5-6H,3-4,12H2,1-2H3. The number of hydrogen-bond acceptors (Lipinski definition) is 4. The summed E-state index contributed by atoms with van der Waals surface area (Å²) in [6, 6.07) is 3.63. The maximum absolute atomic E-state index is 5.44. The van der Waals surface area contributed by atoms with Crippen LogP contribution in [0, 0.1) is 0 Å². The van der Waals surface area contributed by atoms with Gasteiger partial charge in [0.05, 0.1) is 14.2 Å². The van der Waals surface area contributed by atoms with E-state index < -0.39 is 0 Å². The van der Waals surface area contributed by atoms with E-state index in [0.29, 0.717) is 30.4 Å². The van der Waals surface area contributed by atoms with Crippen molar-refractivity contribution in [2.45, 2.75) is 0 Å². The first-order valence-electron chi connectivity index (χ1n) is 4.47. The Bertz CT molecular complexity index is 331. The van der Waals surface area contributed by atoms with Crippen LogP contribution in [0.3, 0.4) is 0 Å². The molecule has 0 fully saturated rings. The molecule has 1 aromatic carbocycles. The van der Waals surface area contributed by atoms with Crippen LogP contribution in [0.2, 0.25) is 0 Å². The third-order valence-electron chi connectivity index (χ3n) is 1.79. The van der Waals surface area contributed by atoms with Gasteiger partial charge in [0.2, 0.25) is 5.75 Å². The molecule has 0 unspecified atom stereocenters. The Morgan fingerprint density at radius 3 is 2.40 bits per heavy atom. The van der Waals surface area contributed by atoms with Crippen molar-refractivity contribution in [1.29, 1.82) is 0 Å². The summed E-state index contributed by atoms with van der Waals surface area (Å²) in [6.45, 7) is 0.897. The molecule has 0 aromatic heterocycles. The molecule has 84 valence electrons. The first-order chi connectivity index (χ1) is 7.22. The molecule has 0 spiro atoms. The minimum atomic E-state index is 0.440. The van der Waals surface area contributed by atoms with E-state index in [1.54, 1.807) is 14.2 Å². The summed E-state index contributed by atoms with van der Waals surface area (Å²) in [5.74, 6) is 1.82. The van der Waals surface area contributed by atoms with Crippen molar-refractivity contribution in [3.05, 3.63) is 16.6 Å². The summed E-state index contributed by atoms with van der Waals surface area (Å²) < 4.78 is 16.7. The van der Waals surface area contributed by atoms with Crippen molar-refractivity contribution in [2.75, 3.05) is 27.4 Å².